The third-order valence-electron chi connectivity index (χ3n) is 4.29. The number of piperazine rings is 1. The molecule has 116 valence electrons. The third kappa shape index (κ3) is 3.09. The van der Waals surface area contributed by atoms with E-state index >= 15 is 0 Å². The maximum Gasteiger partial charge on any atom is 0.231 e. The molecule has 0 unspecified atom stereocenters. The normalized spacial score (nSPS) is 20.0. The first kappa shape index (κ1) is 14.5. The van der Waals surface area contributed by atoms with E-state index in [1.165, 1.54) is 0 Å². The molecule has 1 aromatic rings. The summed E-state index contributed by atoms with van der Waals surface area (Å²) in [5.41, 5.74) is 1.14. The molecular weight excluding hydrogens is 268 g/mol. The lowest BCUT2D eigenvalue weighted by Gasteiger charge is -2.42. The number of phenols is 1. The lowest BCUT2D eigenvalue weighted by atomic mass is 10.0. The molecule has 0 amide bonds. The summed E-state index contributed by atoms with van der Waals surface area (Å²) in [6.45, 7) is 11.9. The Kier molecular flexibility index (Phi) is 3.71. The number of nitrogens with zero attached hydrogens (tertiary/aromatic N) is 2. The molecule has 2 aliphatic heterocycles. The largest absolute Gasteiger partial charge is 0.507 e. The molecule has 2 aliphatic rings. The van der Waals surface area contributed by atoms with Crippen molar-refractivity contribution in [3.8, 4) is 17.2 Å². The minimum atomic E-state index is 0.229. The van der Waals surface area contributed by atoms with Crippen molar-refractivity contribution in [2.24, 2.45) is 0 Å². The molecule has 0 saturated carbocycles. The molecule has 2 heterocycles. The fourth-order valence-corrected chi connectivity index (χ4v) is 2.92. The highest BCUT2D eigenvalue weighted by molar-refractivity contribution is 5.51. The number of benzene rings is 1. The predicted octanol–water partition coefficient (Wildman–Crippen LogP) is 2.04. The Hall–Kier alpha value is -1.46. The van der Waals surface area contributed by atoms with Crippen LogP contribution in [0.1, 0.15) is 26.3 Å². The minimum Gasteiger partial charge on any atom is -0.507 e. The van der Waals surface area contributed by atoms with E-state index in [0.717, 1.165) is 44.0 Å². The van der Waals surface area contributed by atoms with Gasteiger partial charge in [0.15, 0.2) is 11.5 Å². The molecule has 0 atom stereocenters. The zero-order valence-corrected chi connectivity index (χ0v) is 13.1. The van der Waals surface area contributed by atoms with Crippen LogP contribution < -0.4 is 9.47 Å². The number of phenolic OH excluding ortho intramolecular Hbond substituents is 1. The van der Waals surface area contributed by atoms with Crippen LogP contribution in [0.4, 0.5) is 0 Å². The van der Waals surface area contributed by atoms with Crippen LogP contribution in [-0.2, 0) is 6.54 Å². The molecule has 1 fully saturated rings. The maximum atomic E-state index is 10.1. The van der Waals surface area contributed by atoms with Gasteiger partial charge in [0, 0.05) is 49.9 Å². The molecule has 0 spiro atoms. The smallest absolute Gasteiger partial charge is 0.231 e. The summed E-state index contributed by atoms with van der Waals surface area (Å²) in [6, 6.07) is 3.55. The molecule has 5 heteroatoms. The van der Waals surface area contributed by atoms with Gasteiger partial charge in [-0.3, -0.25) is 9.80 Å². The number of hydrogen-bond acceptors (Lipinski definition) is 5. The van der Waals surface area contributed by atoms with Crippen LogP contribution in [0.15, 0.2) is 12.1 Å². The maximum absolute atomic E-state index is 10.1. The Labute approximate surface area is 126 Å². The zero-order valence-electron chi connectivity index (χ0n) is 13.1. The predicted molar refractivity (Wildman–Crippen MR) is 80.8 cm³/mol. The fourth-order valence-electron chi connectivity index (χ4n) is 2.92. The van der Waals surface area contributed by atoms with E-state index in [1.54, 1.807) is 6.07 Å². The second-order valence-corrected chi connectivity index (χ2v) is 6.77. The van der Waals surface area contributed by atoms with Gasteiger partial charge in [0.05, 0.1) is 0 Å². The molecule has 0 aromatic heterocycles. The lowest BCUT2D eigenvalue weighted by molar-refractivity contribution is 0.0587. The van der Waals surface area contributed by atoms with Crippen molar-refractivity contribution in [3.63, 3.8) is 0 Å². The Morgan fingerprint density at radius 3 is 2.29 bits per heavy atom. The molecule has 0 aliphatic carbocycles. The Balaban J connectivity index is 1.63. The molecule has 1 N–H and O–H groups in total. The van der Waals surface area contributed by atoms with Gasteiger partial charge in [-0.05, 0) is 26.8 Å². The van der Waals surface area contributed by atoms with Crippen LogP contribution in [0.5, 0.6) is 17.2 Å². The lowest BCUT2D eigenvalue weighted by Crippen LogP contribution is -2.53. The van der Waals surface area contributed by atoms with Crippen LogP contribution >= 0.6 is 0 Å². The Bertz CT molecular complexity index is 517. The summed E-state index contributed by atoms with van der Waals surface area (Å²) in [5.74, 6) is 1.66. The van der Waals surface area contributed by atoms with Crippen LogP contribution in [0.2, 0.25) is 0 Å². The molecule has 0 bridgehead atoms. The molecule has 3 rings (SSSR count). The van der Waals surface area contributed by atoms with Gasteiger partial charge in [-0.2, -0.15) is 0 Å². The van der Waals surface area contributed by atoms with Gasteiger partial charge in [-0.15, -0.1) is 0 Å². The van der Waals surface area contributed by atoms with Crippen LogP contribution in [0.25, 0.3) is 0 Å². The number of fused-ring (bicyclic) bond motifs is 1. The summed E-state index contributed by atoms with van der Waals surface area (Å²) in [7, 11) is 0. The van der Waals surface area contributed by atoms with Crippen molar-refractivity contribution >= 4 is 0 Å². The number of rotatable bonds is 2. The Morgan fingerprint density at radius 1 is 1.05 bits per heavy atom. The van der Waals surface area contributed by atoms with E-state index in [4.69, 9.17) is 9.47 Å². The van der Waals surface area contributed by atoms with E-state index in [2.05, 4.69) is 30.6 Å². The molecule has 0 radical (unpaired) electrons. The van der Waals surface area contributed by atoms with Crippen LogP contribution in [-0.4, -0.2) is 53.4 Å². The summed E-state index contributed by atoms with van der Waals surface area (Å²) >= 11 is 0. The van der Waals surface area contributed by atoms with Gasteiger partial charge >= 0.3 is 0 Å². The van der Waals surface area contributed by atoms with Crippen molar-refractivity contribution in [2.75, 3.05) is 33.0 Å². The van der Waals surface area contributed by atoms with E-state index < -0.39 is 0 Å². The van der Waals surface area contributed by atoms with E-state index in [-0.39, 0.29) is 18.1 Å². The highest BCUT2D eigenvalue weighted by Crippen LogP contribution is 2.38. The van der Waals surface area contributed by atoms with E-state index in [1.807, 2.05) is 6.07 Å². The standard InChI is InChI=1S/C16H24N2O3/c1-16(2,3)18-6-4-17(5-7-18)10-12-8-14-15(9-13(12)19)21-11-20-14/h8-9,19H,4-7,10-11H2,1-3H3. The number of hydrogen-bond donors (Lipinski definition) is 1. The highest BCUT2D eigenvalue weighted by atomic mass is 16.7. The minimum absolute atomic E-state index is 0.229. The summed E-state index contributed by atoms with van der Waals surface area (Å²) < 4.78 is 10.7. The quantitative estimate of drug-likeness (QED) is 0.904. The second-order valence-electron chi connectivity index (χ2n) is 6.77. The van der Waals surface area contributed by atoms with Gasteiger partial charge in [-0.1, -0.05) is 0 Å². The van der Waals surface area contributed by atoms with Crippen LogP contribution in [0.3, 0.4) is 0 Å². The average molecular weight is 292 g/mol. The van der Waals surface area contributed by atoms with Gasteiger partial charge in [0.25, 0.3) is 0 Å². The Morgan fingerprint density at radius 2 is 1.67 bits per heavy atom. The van der Waals surface area contributed by atoms with E-state index in [9.17, 15) is 5.11 Å². The number of ether oxygens (including phenoxy) is 2. The van der Waals surface area contributed by atoms with Gasteiger partial charge in [0.2, 0.25) is 6.79 Å². The van der Waals surface area contributed by atoms with E-state index in [0.29, 0.717) is 5.75 Å². The van der Waals surface area contributed by atoms with Crippen molar-refractivity contribution in [2.45, 2.75) is 32.9 Å². The molecule has 5 nitrogen and oxygen atoms in total. The SMILES string of the molecule is CC(C)(C)N1CCN(Cc2cc3c(cc2O)OCO3)CC1. The first-order valence-corrected chi connectivity index (χ1v) is 7.52. The van der Waals surface area contributed by atoms with Crippen molar-refractivity contribution < 1.29 is 14.6 Å². The third-order valence-corrected chi connectivity index (χ3v) is 4.29. The van der Waals surface area contributed by atoms with Crippen molar-refractivity contribution in [1.29, 1.82) is 0 Å². The average Bonchev–Trinajstić information content (AvgIpc) is 2.86. The number of aromatic hydroxyl groups is 1. The van der Waals surface area contributed by atoms with Crippen molar-refractivity contribution in [1.82, 2.24) is 9.80 Å². The fraction of sp³-hybridized carbons (Fsp3) is 0.625. The molecule has 1 saturated heterocycles. The summed E-state index contributed by atoms with van der Waals surface area (Å²) in [4.78, 5) is 4.88. The molecule has 1 aromatic carbocycles. The highest BCUT2D eigenvalue weighted by Gasteiger charge is 2.26. The topological polar surface area (TPSA) is 45.2 Å². The summed E-state index contributed by atoms with van der Waals surface area (Å²) in [5, 5.41) is 10.1. The molecular formula is C16H24N2O3. The first-order chi connectivity index (χ1) is 9.93. The molecule has 21 heavy (non-hydrogen) atoms. The van der Waals surface area contributed by atoms with Gasteiger partial charge in [-0.25, -0.2) is 0 Å². The monoisotopic (exact) mass is 292 g/mol. The van der Waals surface area contributed by atoms with Crippen molar-refractivity contribution in [3.05, 3.63) is 17.7 Å². The first-order valence-electron chi connectivity index (χ1n) is 7.52. The zero-order chi connectivity index (χ0) is 15.0. The second kappa shape index (κ2) is 5.39. The van der Waals surface area contributed by atoms with Gasteiger partial charge in [0.1, 0.15) is 5.75 Å². The van der Waals surface area contributed by atoms with Crippen LogP contribution in [0, 0.1) is 0 Å². The summed E-state index contributed by atoms with van der Waals surface area (Å²) in [6.07, 6.45) is 0. The van der Waals surface area contributed by atoms with Gasteiger partial charge < -0.3 is 14.6 Å².